The summed E-state index contributed by atoms with van der Waals surface area (Å²) >= 11 is 3.31. The van der Waals surface area contributed by atoms with Gasteiger partial charge < -0.3 is 5.32 Å². The third-order valence-electron chi connectivity index (χ3n) is 4.46. The number of aromatic nitrogens is 1. The average Bonchev–Trinajstić information content (AvgIpc) is 2.64. The highest BCUT2D eigenvalue weighted by Crippen LogP contribution is 2.25. The van der Waals surface area contributed by atoms with Crippen LogP contribution in [0, 0.1) is 12.8 Å². The predicted molar refractivity (Wildman–Crippen MR) is 103 cm³/mol. The first-order valence-electron chi connectivity index (χ1n) is 8.36. The van der Waals surface area contributed by atoms with Gasteiger partial charge in [0.1, 0.15) is 5.82 Å². The smallest absolute Gasteiger partial charge is 0.243 e. The van der Waals surface area contributed by atoms with Crippen LogP contribution in [-0.2, 0) is 14.8 Å². The summed E-state index contributed by atoms with van der Waals surface area (Å²) in [7, 11) is -3.61. The zero-order valence-corrected chi connectivity index (χ0v) is 16.8. The van der Waals surface area contributed by atoms with Crippen molar-refractivity contribution in [3.63, 3.8) is 0 Å². The molecule has 2 heterocycles. The third-order valence-corrected chi connectivity index (χ3v) is 6.87. The second-order valence-corrected chi connectivity index (χ2v) is 9.17. The molecule has 1 amide bonds. The van der Waals surface area contributed by atoms with Gasteiger partial charge in [-0.15, -0.1) is 0 Å². The van der Waals surface area contributed by atoms with Crippen molar-refractivity contribution >= 4 is 37.7 Å². The molecule has 0 aliphatic carbocycles. The van der Waals surface area contributed by atoms with Crippen molar-refractivity contribution in [2.45, 2.75) is 24.7 Å². The number of anilines is 1. The van der Waals surface area contributed by atoms with E-state index in [2.05, 4.69) is 26.2 Å². The van der Waals surface area contributed by atoms with E-state index in [0.717, 1.165) is 10.0 Å². The van der Waals surface area contributed by atoms with Crippen LogP contribution in [0.2, 0.25) is 0 Å². The number of sulfonamides is 1. The topological polar surface area (TPSA) is 79.4 Å². The first kappa shape index (κ1) is 19.0. The van der Waals surface area contributed by atoms with Crippen molar-refractivity contribution in [3.05, 3.63) is 52.6 Å². The minimum absolute atomic E-state index is 0.177. The molecular formula is C18H20BrN3O3S. The second-order valence-electron chi connectivity index (χ2n) is 6.31. The molecule has 1 unspecified atom stereocenters. The zero-order valence-electron chi connectivity index (χ0n) is 14.4. The van der Waals surface area contributed by atoms with E-state index in [1.807, 2.05) is 13.0 Å². The number of nitrogens with zero attached hydrogens (tertiary/aromatic N) is 2. The number of pyridine rings is 1. The van der Waals surface area contributed by atoms with E-state index < -0.39 is 15.9 Å². The normalized spacial score (nSPS) is 18.5. The minimum atomic E-state index is -3.61. The van der Waals surface area contributed by atoms with Crippen LogP contribution in [0.25, 0.3) is 0 Å². The van der Waals surface area contributed by atoms with E-state index in [-0.39, 0.29) is 17.3 Å². The summed E-state index contributed by atoms with van der Waals surface area (Å²) < 4.78 is 27.9. The van der Waals surface area contributed by atoms with Gasteiger partial charge in [0, 0.05) is 23.8 Å². The molecule has 6 nitrogen and oxygen atoms in total. The monoisotopic (exact) mass is 437 g/mol. The number of carbonyl (C=O) groups excluding carboxylic acids is 1. The van der Waals surface area contributed by atoms with Crippen LogP contribution in [0.3, 0.4) is 0 Å². The van der Waals surface area contributed by atoms with Crippen LogP contribution in [0.4, 0.5) is 5.82 Å². The molecule has 1 fully saturated rings. The van der Waals surface area contributed by atoms with Gasteiger partial charge in [-0.2, -0.15) is 4.31 Å². The van der Waals surface area contributed by atoms with Crippen molar-refractivity contribution in [2.24, 2.45) is 5.92 Å². The van der Waals surface area contributed by atoms with E-state index in [1.165, 1.54) is 4.31 Å². The largest absolute Gasteiger partial charge is 0.310 e. The highest BCUT2D eigenvalue weighted by atomic mass is 79.9. The molecule has 1 aliphatic rings. The number of hydrogen-bond donors (Lipinski definition) is 1. The summed E-state index contributed by atoms with van der Waals surface area (Å²) in [6, 6.07) is 10.2. The molecule has 1 aromatic heterocycles. The number of aryl methyl sites for hydroxylation is 1. The number of nitrogens with one attached hydrogen (secondary N) is 1. The summed E-state index contributed by atoms with van der Waals surface area (Å²) in [6.07, 6.45) is 2.92. The lowest BCUT2D eigenvalue weighted by Gasteiger charge is -2.31. The van der Waals surface area contributed by atoms with E-state index in [0.29, 0.717) is 25.2 Å². The molecule has 2 aromatic rings. The lowest BCUT2D eigenvalue weighted by atomic mass is 9.99. The van der Waals surface area contributed by atoms with Crippen LogP contribution in [0.15, 0.2) is 52.0 Å². The van der Waals surface area contributed by atoms with Gasteiger partial charge in [-0.25, -0.2) is 13.4 Å². The maximum Gasteiger partial charge on any atom is 0.243 e. The van der Waals surface area contributed by atoms with E-state index >= 15 is 0 Å². The van der Waals surface area contributed by atoms with Crippen LogP contribution in [0.5, 0.6) is 0 Å². The van der Waals surface area contributed by atoms with Gasteiger partial charge in [-0.05, 0) is 55.7 Å². The maximum absolute atomic E-state index is 12.8. The Morgan fingerprint density at radius 1 is 1.27 bits per heavy atom. The van der Waals surface area contributed by atoms with Crippen molar-refractivity contribution in [2.75, 3.05) is 18.4 Å². The summed E-state index contributed by atoms with van der Waals surface area (Å²) in [5, 5.41) is 2.82. The van der Waals surface area contributed by atoms with E-state index in [1.54, 1.807) is 36.5 Å². The standard InChI is InChI=1S/C18H20BrN3O3S/c1-13-4-2-10-20-17(13)21-18(23)14-5-3-11-22(12-14)26(24,25)16-8-6-15(19)7-9-16/h2,4,6-10,14H,3,5,11-12H2,1H3,(H,20,21,23). The highest BCUT2D eigenvalue weighted by Gasteiger charge is 2.33. The van der Waals surface area contributed by atoms with Gasteiger partial charge in [0.05, 0.1) is 10.8 Å². The Kier molecular flexibility index (Phi) is 5.74. The molecule has 3 rings (SSSR count). The van der Waals surface area contributed by atoms with Gasteiger partial charge in [0.25, 0.3) is 0 Å². The number of piperidine rings is 1. The second kappa shape index (κ2) is 7.85. The Hall–Kier alpha value is -1.77. The quantitative estimate of drug-likeness (QED) is 0.796. The van der Waals surface area contributed by atoms with Gasteiger partial charge in [-0.3, -0.25) is 4.79 Å². The van der Waals surface area contributed by atoms with Crippen LogP contribution < -0.4 is 5.32 Å². The van der Waals surface area contributed by atoms with E-state index in [9.17, 15) is 13.2 Å². The first-order valence-corrected chi connectivity index (χ1v) is 10.6. The average molecular weight is 438 g/mol. The number of amides is 1. The van der Waals surface area contributed by atoms with Crippen LogP contribution >= 0.6 is 15.9 Å². The van der Waals surface area contributed by atoms with Crippen LogP contribution in [0.1, 0.15) is 18.4 Å². The highest BCUT2D eigenvalue weighted by molar-refractivity contribution is 9.10. The Morgan fingerprint density at radius 2 is 2.00 bits per heavy atom. The molecule has 0 bridgehead atoms. The third kappa shape index (κ3) is 4.13. The Labute approximate surface area is 161 Å². The first-order chi connectivity index (χ1) is 12.4. The number of halogens is 1. The zero-order chi connectivity index (χ0) is 18.7. The molecule has 26 heavy (non-hydrogen) atoms. The SMILES string of the molecule is Cc1cccnc1NC(=O)C1CCCN(S(=O)(=O)c2ccc(Br)cc2)C1. The Balaban J connectivity index is 1.73. The lowest BCUT2D eigenvalue weighted by molar-refractivity contribution is -0.120. The maximum atomic E-state index is 12.8. The van der Waals surface area contributed by atoms with Gasteiger partial charge >= 0.3 is 0 Å². The van der Waals surface area contributed by atoms with Gasteiger partial charge in [0.15, 0.2) is 0 Å². The molecule has 1 aromatic carbocycles. The summed E-state index contributed by atoms with van der Waals surface area (Å²) in [5.74, 6) is -0.0664. The van der Waals surface area contributed by atoms with Crippen molar-refractivity contribution < 1.29 is 13.2 Å². The molecule has 138 valence electrons. The number of benzene rings is 1. The number of rotatable bonds is 4. The molecule has 1 aliphatic heterocycles. The molecule has 0 spiro atoms. The minimum Gasteiger partial charge on any atom is -0.310 e. The van der Waals surface area contributed by atoms with E-state index in [4.69, 9.17) is 0 Å². The fourth-order valence-corrected chi connectivity index (χ4v) is 4.75. The summed E-state index contributed by atoms with van der Waals surface area (Å²) in [5.41, 5.74) is 0.871. The number of carbonyl (C=O) groups is 1. The van der Waals surface area contributed by atoms with Crippen LogP contribution in [-0.4, -0.2) is 36.7 Å². The fourth-order valence-electron chi connectivity index (χ4n) is 2.97. The van der Waals surface area contributed by atoms with Crippen molar-refractivity contribution in [3.8, 4) is 0 Å². The molecule has 0 saturated carbocycles. The Bertz CT molecular complexity index is 900. The molecule has 1 atom stereocenters. The van der Waals surface area contributed by atoms with Gasteiger partial charge in [0.2, 0.25) is 15.9 Å². The molecule has 1 N–H and O–H groups in total. The molecule has 1 saturated heterocycles. The fraction of sp³-hybridized carbons (Fsp3) is 0.333. The summed E-state index contributed by atoms with van der Waals surface area (Å²) in [4.78, 5) is 17.0. The molecule has 8 heteroatoms. The van der Waals surface area contributed by atoms with Gasteiger partial charge in [-0.1, -0.05) is 22.0 Å². The molecular weight excluding hydrogens is 418 g/mol. The van der Waals surface area contributed by atoms with Crippen molar-refractivity contribution in [1.29, 1.82) is 0 Å². The number of hydrogen-bond acceptors (Lipinski definition) is 4. The Morgan fingerprint density at radius 3 is 2.69 bits per heavy atom. The summed E-state index contributed by atoms with van der Waals surface area (Å²) in [6.45, 7) is 2.47. The van der Waals surface area contributed by atoms with Crippen molar-refractivity contribution in [1.82, 2.24) is 9.29 Å². The lowest BCUT2D eigenvalue weighted by Crippen LogP contribution is -2.43. The molecule has 0 radical (unpaired) electrons. The predicted octanol–water partition coefficient (Wildman–Crippen LogP) is 3.19.